The molecular formula is C14H22. The molecule has 0 bridgehead atoms. The van der Waals surface area contributed by atoms with Gasteiger partial charge in [-0.1, -0.05) is 32.9 Å². The summed E-state index contributed by atoms with van der Waals surface area (Å²) >= 11 is 0. The Morgan fingerprint density at radius 1 is 1.00 bits per heavy atom. The lowest BCUT2D eigenvalue weighted by Gasteiger charge is -2.25. The van der Waals surface area contributed by atoms with E-state index in [1.165, 1.54) is 28.7 Å². The van der Waals surface area contributed by atoms with Crippen LogP contribution in [0.4, 0.5) is 0 Å². The highest BCUT2D eigenvalue weighted by molar-refractivity contribution is 5.39. The maximum Gasteiger partial charge on any atom is -0.0106 e. The van der Waals surface area contributed by atoms with E-state index in [0.717, 1.165) is 0 Å². The van der Waals surface area contributed by atoms with Crippen molar-refractivity contribution in [2.24, 2.45) is 0 Å². The first kappa shape index (κ1) is 11.3. The first-order valence-corrected chi connectivity index (χ1v) is 5.47. The summed E-state index contributed by atoms with van der Waals surface area (Å²) in [5.41, 5.74) is 6.05. The third-order valence-corrected chi connectivity index (χ3v) is 3.59. The molecule has 0 saturated carbocycles. The van der Waals surface area contributed by atoms with Gasteiger partial charge >= 0.3 is 0 Å². The lowest BCUT2D eigenvalue weighted by atomic mass is 9.80. The van der Waals surface area contributed by atoms with Crippen molar-refractivity contribution < 1.29 is 0 Å². The quantitative estimate of drug-likeness (QED) is 0.652. The third kappa shape index (κ3) is 2.00. The van der Waals surface area contributed by atoms with Crippen LogP contribution in [0.2, 0.25) is 0 Å². The number of rotatable bonds is 2. The number of benzene rings is 1. The fourth-order valence-corrected chi connectivity index (χ4v) is 1.63. The summed E-state index contributed by atoms with van der Waals surface area (Å²) in [6, 6.07) is 4.68. The summed E-state index contributed by atoms with van der Waals surface area (Å²) < 4.78 is 0. The highest BCUT2D eigenvalue weighted by atomic mass is 14.2. The van der Waals surface area contributed by atoms with Crippen LogP contribution in [0.1, 0.15) is 49.4 Å². The van der Waals surface area contributed by atoms with Crippen LogP contribution in [0.3, 0.4) is 0 Å². The van der Waals surface area contributed by atoms with Crippen LogP contribution in [0, 0.1) is 20.8 Å². The minimum atomic E-state index is 0.309. The van der Waals surface area contributed by atoms with Gasteiger partial charge in [0.05, 0.1) is 0 Å². The average molecular weight is 190 g/mol. The average Bonchev–Trinajstić information content (AvgIpc) is 2.13. The topological polar surface area (TPSA) is 0 Å². The summed E-state index contributed by atoms with van der Waals surface area (Å²) in [6.07, 6.45) is 1.19. The highest BCUT2D eigenvalue weighted by Crippen LogP contribution is 2.29. The van der Waals surface area contributed by atoms with E-state index in [9.17, 15) is 0 Å². The largest absolute Gasteiger partial charge is 0.0646 e. The van der Waals surface area contributed by atoms with Gasteiger partial charge in [-0.2, -0.15) is 0 Å². The molecule has 0 amide bonds. The second-order valence-corrected chi connectivity index (χ2v) is 4.97. The molecule has 78 valence electrons. The normalized spacial score (nSPS) is 11.9. The standard InChI is InChI=1S/C14H22/c1-7-14(5,6)13-8-10(2)12(4)11(3)9-13/h8-9H,7H2,1-6H3. The molecule has 1 aromatic carbocycles. The third-order valence-electron chi connectivity index (χ3n) is 3.59. The van der Waals surface area contributed by atoms with E-state index in [4.69, 9.17) is 0 Å². The summed E-state index contributed by atoms with van der Waals surface area (Å²) in [5.74, 6) is 0. The molecule has 0 aromatic heterocycles. The lowest BCUT2D eigenvalue weighted by molar-refractivity contribution is 0.505. The number of aryl methyl sites for hydroxylation is 2. The van der Waals surface area contributed by atoms with Crippen LogP contribution in [0.25, 0.3) is 0 Å². The Hall–Kier alpha value is -0.780. The predicted octanol–water partition coefficient (Wildman–Crippen LogP) is 4.30. The van der Waals surface area contributed by atoms with Gasteiger partial charge in [0.1, 0.15) is 0 Å². The zero-order valence-corrected chi connectivity index (χ0v) is 10.4. The fourth-order valence-electron chi connectivity index (χ4n) is 1.63. The lowest BCUT2D eigenvalue weighted by Crippen LogP contribution is -2.16. The van der Waals surface area contributed by atoms with Crippen molar-refractivity contribution in [3.63, 3.8) is 0 Å². The molecule has 0 spiro atoms. The molecule has 0 atom stereocenters. The van der Waals surface area contributed by atoms with E-state index in [0.29, 0.717) is 5.41 Å². The minimum Gasteiger partial charge on any atom is -0.0646 e. The van der Waals surface area contributed by atoms with Crippen molar-refractivity contribution in [1.82, 2.24) is 0 Å². The van der Waals surface area contributed by atoms with Crippen molar-refractivity contribution >= 4 is 0 Å². The monoisotopic (exact) mass is 190 g/mol. The van der Waals surface area contributed by atoms with Gasteiger partial charge in [-0.3, -0.25) is 0 Å². The Bertz CT molecular complexity index is 309. The van der Waals surface area contributed by atoms with Gasteiger partial charge in [-0.15, -0.1) is 0 Å². The van der Waals surface area contributed by atoms with Crippen LogP contribution in [-0.2, 0) is 5.41 Å². The minimum absolute atomic E-state index is 0.309. The molecule has 0 aliphatic rings. The van der Waals surface area contributed by atoms with E-state index in [-0.39, 0.29) is 0 Å². The van der Waals surface area contributed by atoms with Crippen molar-refractivity contribution in [2.75, 3.05) is 0 Å². The van der Waals surface area contributed by atoms with Crippen molar-refractivity contribution in [2.45, 2.75) is 53.4 Å². The molecule has 0 fully saturated rings. The van der Waals surface area contributed by atoms with E-state index >= 15 is 0 Å². The van der Waals surface area contributed by atoms with Crippen LogP contribution < -0.4 is 0 Å². The first-order chi connectivity index (χ1) is 6.38. The van der Waals surface area contributed by atoms with Crippen molar-refractivity contribution in [1.29, 1.82) is 0 Å². The van der Waals surface area contributed by atoms with Crippen LogP contribution >= 0.6 is 0 Å². The Morgan fingerprint density at radius 2 is 1.43 bits per heavy atom. The molecule has 1 rings (SSSR count). The zero-order valence-electron chi connectivity index (χ0n) is 10.4. The predicted molar refractivity (Wildman–Crippen MR) is 64.0 cm³/mol. The van der Waals surface area contributed by atoms with Crippen LogP contribution in [-0.4, -0.2) is 0 Å². The van der Waals surface area contributed by atoms with Gasteiger partial charge in [0.25, 0.3) is 0 Å². The summed E-state index contributed by atoms with van der Waals surface area (Å²) in [5, 5.41) is 0. The van der Waals surface area contributed by atoms with Gasteiger partial charge < -0.3 is 0 Å². The Morgan fingerprint density at radius 3 is 1.79 bits per heavy atom. The van der Waals surface area contributed by atoms with Crippen molar-refractivity contribution in [3.8, 4) is 0 Å². The van der Waals surface area contributed by atoms with Gasteiger partial charge in [0, 0.05) is 0 Å². The molecule has 1 aromatic rings. The van der Waals surface area contributed by atoms with E-state index in [1.807, 2.05) is 0 Å². The molecule has 0 nitrogen and oxygen atoms in total. The molecule has 0 unspecified atom stereocenters. The Balaban J connectivity index is 3.26. The second-order valence-electron chi connectivity index (χ2n) is 4.97. The molecule has 0 radical (unpaired) electrons. The molecular weight excluding hydrogens is 168 g/mol. The summed E-state index contributed by atoms with van der Waals surface area (Å²) in [7, 11) is 0. The zero-order chi connectivity index (χ0) is 10.9. The van der Waals surface area contributed by atoms with Gasteiger partial charge in [-0.25, -0.2) is 0 Å². The van der Waals surface area contributed by atoms with Crippen LogP contribution in [0.15, 0.2) is 12.1 Å². The van der Waals surface area contributed by atoms with E-state index in [1.54, 1.807) is 0 Å². The van der Waals surface area contributed by atoms with E-state index in [2.05, 4.69) is 53.7 Å². The highest BCUT2D eigenvalue weighted by Gasteiger charge is 2.18. The summed E-state index contributed by atoms with van der Waals surface area (Å²) in [4.78, 5) is 0. The van der Waals surface area contributed by atoms with Crippen LogP contribution in [0.5, 0.6) is 0 Å². The Labute approximate surface area is 88.4 Å². The van der Waals surface area contributed by atoms with Gasteiger partial charge in [0.15, 0.2) is 0 Å². The number of hydrogen-bond acceptors (Lipinski definition) is 0. The Kier molecular flexibility index (Phi) is 3.04. The fraction of sp³-hybridized carbons (Fsp3) is 0.571. The summed E-state index contributed by atoms with van der Waals surface area (Å²) in [6.45, 7) is 13.5. The maximum atomic E-state index is 2.34. The van der Waals surface area contributed by atoms with Gasteiger partial charge in [0.2, 0.25) is 0 Å². The van der Waals surface area contributed by atoms with Gasteiger partial charge in [-0.05, 0) is 54.9 Å². The number of hydrogen-bond donors (Lipinski definition) is 0. The maximum absolute atomic E-state index is 2.34. The molecule has 0 heterocycles. The molecule has 0 N–H and O–H groups in total. The molecule has 0 aliphatic heterocycles. The first-order valence-electron chi connectivity index (χ1n) is 5.47. The van der Waals surface area contributed by atoms with E-state index < -0.39 is 0 Å². The SMILES string of the molecule is CCC(C)(C)c1cc(C)c(C)c(C)c1. The molecule has 14 heavy (non-hydrogen) atoms. The van der Waals surface area contributed by atoms with Crippen molar-refractivity contribution in [3.05, 3.63) is 34.4 Å². The smallest absolute Gasteiger partial charge is 0.0106 e. The molecule has 0 heteroatoms. The second kappa shape index (κ2) is 3.76. The molecule has 0 aliphatic carbocycles. The molecule has 0 saturated heterocycles.